The highest BCUT2D eigenvalue weighted by Gasteiger charge is 2.28. The molecule has 1 aliphatic rings. The molecule has 2 amide bonds. The molecule has 0 spiro atoms. The number of amides is 2. The third-order valence-corrected chi connectivity index (χ3v) is 5.57. The van der Waals surface area contributed by atoms with Gasteiger partial charge in [-0.1, -0.05) is 12.1 Å². The number of benzene rings is 1. The Kier molecular flexibility index (Phi) is 5.14. The maximum atomic E-state index is 13.4. The van der Waals surface area contributed by atoms with Crippen molar-refractivity contribution in [1.82, 2.24) is 15.2 Å². The Morgan fingerprint density at radius 1 is 1.46 bits per heavy atom. The molecule has 1 fully saturated rings. The normalized spacial score (nSPS) is 20.1. The van der Waals surface area contributed by atoms with Gasteiger partial charge in [0.2, 0.25) is 0 Å². The van der Waals surface area contributed by atoms with Crippen LogP contribution in [0.15, 0.2) is 29.8 Å². The summed E-state index contributed by atoms with van der Waals surface area (Å²) in [6, 6.07) is 6.88. The number of carbonyl (C=O) groups excluding carboxylic acids is 1. The summed E-state index contributed by atoms with van der Waals surface area (Å²) in [7, 11) is 1.80. The van der Waals surface area contributed by atoms with Crippen molar-refractivity contribution in [2.45, 2.75) is 44.7 Å². The number of nitrogens with zero attached hydrogens (tertiary/aromatic N) is 2. The Morgan fingerprint density at radius 3 is 3.00 bits per heavy atom. The topological polar surface area (TPSA) is 45.2 Å². The summed E-state index contributed by atoms with van der Waals surface area (Å²) < 4.78 is 13.4. The first-order valence-corrected chi connectivity index (χ1v) is 9.07. The van der Waals surface area contributed by atoms with Gasteiger partial charge in [-0.25, -0.2) is 14.2 Å². The number of aryl methyl sites for hydroxylation is 1. The second kappa shape index (κ2) is 7.30. The zero-order valence-electron chi connectivity index (χ0n) is 14.0. The Labute approximate surface area is 145 Å². The molecule has 128 valence electrons. The van der Waals surface area contributed by atoms with E-state index in [1.165, 1.54) is 6.07 Å². The number of hydrogen-bond donors (Lipinski definition) is 1. The molecule has 0 aliphatic heterocycles. The van der Waals surface area contributed by atoms with Gasteiger partial charge in [0.05, 0.1) is 17.7 Å². The molecule has 0 unspecified atom stereocenters. The monoisotopic (exact) mass is 347 g/mol. The molecule has 1 aromatic heterocycles. The van der Waals surface area contributed by atoms with Crippen molar-refractivity contribution in [1.29, 1.82) is 0 Å². The minimum atomic E-state index is -0.195. The van der Waals surface area contributed by atoms with Crippen molar-refractivity contribution in [3.8, 4) is 0 Å². The van der Waals surface area contributed by atoms with Gasteiger partial charge >= 0.3 is 6.03 Å². The number of aromatic nitrogens is 1. The standard InChI is InChI=1S/C18H22FN3OS/c1-12-17(24-11-20-12)10-22(2)18(23)21-16-7-6-14(9-16)13-4-3-5-15(19)8-13/h3-5,8,11,14,16H,6-7,9-10H2,1-2H3,(H,21,23)/t14-,16+/m1/s1. The molecule has 1 saturated carbocycles. The van der Waals surface area contributed by atoms with Crippen LogP contribution in [-0.2, 0) is 6.54 Å². The average Bonchev–Trinajstić information content (AvgIpc) is 3.17. The first-order chi connectivity index (χ1) is 11.5. The molecule has 2 aromatic rings. The van der Waals surface area contributed by atoms with E-state index < -0.39 is 0 Å². The van der Waals surface area contributed by atoms with Crippen LogP contribution in [-0.4, -0.2) is 29.0 Å². The number of thiazole rings is 1. The summed E-state index contributed by atoms with van der Waals surface area (Å²) >= 11 is 1.57. The molecular formula is C18H22FN3OS. The highest BCUT2D eigenvalue weighted by atomic mass is 32.1. The summed E-state index contributed by atoms with van der Waals surface area (Å²) in [5, 5.41) is 3.10. The lowest BCUT2D eigenvalue weighted by Crippen LogP contribution is -2.41. The van der Waals surface area contributed by atoms with Crippen LogP contribution in [0.5, 0.6) is 0 Å². The first kappa shape index (κ1) is 16.9. The van der Waals surface area contributed by atoms with Crippen LogP contribution in [0.25, 0.3) is 0 Å². The highest BCUT2D eigenvalue weighted by Crippen LogP contribution is 2.34. The predicted octanol–water partition coefficient (Wildman–Crippen LogP) is 4.07. The summed E-state index contributed by atoms with van der Waals surface area (Å²) in [6.45, 7) is 2.53. The fourth-order valence-electron chi connectivity index (χ4n) is 3.23. The van der Waals surface area contributed by atoms with Gasteiger partial charge in [-0.05, 0) is 49.8 Å². The van der Waals surface area contributed by atoms with Crippen molar-refractivity contribution in [3.63, 3.8) is 0 Å². The Balaban J connectivity index is 1.53. The fraction of sp³-hybridized carbons (Fsp3) is 0.444. The lowest BCUT2D eigenvalue weighted by Gasteiger charge is -2.21. The second-order valence-corrected chi connectivity index (χ2v) is 7.37. The number of nitrogens with one attached hydrogen (secondary N) is 1. The third-order valence-electron chi connectivity index (χ3n) is 4.65. The van der Waals surface area contributed by atoms with Crippen molar-refractivity contribution in [3.05, 3.63) is 51.7 Å². The van der Waals surface area contributed by atoms with Gasteiger partial charge in [0.15, 0.2) is 0 Å². The van der Waals surface area contributed by atoms with Crippen molar-refractivity contribution < 1.29 is 9.18 Å². The van der Waals surface area contributed by atoms with Crippen LogP contribution in [0.1, 0.15) is 41.3 Å². The van der Waals surface area contributed by atoms with Gasteiger partial charge < -0.3 is 10.2 Å². The second-order valence-electron chi connectivity index (χ2n) is 6.43. The van der Waals surface area contributed by atoms with Gasteiger partial charge in [0.25, 0.3) is 0 Å². The molecule has 0 saturated heterocycles. The first-order valence-electron chi connectivity index (χ1n) is 8.19. The number of urea groups is 1. The van der Waals surface area contributed by atoms with Gasteiger partial charge in [-0.2, -0.15) is 0 Å². The number of carbonyl (C=O) groups is 1. The minimum Gasteiger partial charge on any atom is -0.335 e. The Hall–Kier alpha value is -1.95. The van der Waals surface area contributed by atoms with Crippen molar-refractivity contribution >= 4 is 17.4 Å². The van der Waals surface area contributed by atoms with Gasteiger partial charge in [0, 0.05) is 18.0 Å². The van der Waals surface area contributed by atoms with E-state index in [-0.39, 0.29) is 17.9 Å². The molecule has 3 rings (SSSR count). The zero-order valence-corrected chi connectivity index (χ0v) is 14.8. The third kappa shape index (κ3) is 3.93. The van der Waals surface area contributed by atoms with Crippen LogP contribution in [0.4, 0.5) is 9.18 Å². The van der Waals surface area contributed by atoms with Crippen LogP contribution < -0.4 is 5.32 Å². The number of rotatable bonds is 4. The quantitative estimate of drug-likeness (QED) is 0.906. The summed E-state index contributed by atoms with van der Waals surface area (Å²) in [5.41, 5.74) is 3.81. The van der Waals surface area contributed by atoms with Crippen molar-refractivity contribution in [2.24, 2.45) is 0 Å². The molecule has 2 atom stereocenters. The molecule has 24 heavy (non-hydrogen) atoms. The van der Waals surface area contributed by atoms with Crippen LogP contribution in [0, 0.1) is 12.7 Å². The van der Waals surface area contributed by atoms with E-state index in [0.29, 0.717) is 12.5 Å². The fourth-order valence-corrected chi connectivity index (χ4v) is 4.06. The van der Waals surface area contributed by atoms with Gasteiger partial charge in [-0.15, -0.1) is 11.3 Å². The molecule has 4 nitrogen and oxygen atoms in total. The number of hydrogen-bond acceptors (Lipinski definition) is 3. The zero-order chi connectivity index (χ0) is 17.1. The summed E-state index contributed by atoms with van der Waals surface area (Å²) in [6.07, 6.45) is 2.77. The van der Waals surface area contributed by atoms with E-state index in [2.05, 4.69) is 10.3 Å². The van der Waals surface area contributed by atoms with E-state index >= 15 is 0 Å². The molecule has 1 aliphatic carbocycles. The smallest absolute Gasteiger partial charge is 0.317 e. The Morgan fingerprint density at radius 2 is 2.29 bits per heavy atom. The van der Waals surface area contributed by atoms with Crippen molar-refractivity contribution in [2.75, 3.05) is 7.05 Å². The minimum absolute atomic E-state index is 0.0623. The SMILES string of the molecule is Cc1ncsc1CN(C)C(=O)N[C@H]1CC[C@@H](c2cccc(F)c2)C1. The molecule has 0 radical (unpaired) electrons. The van der Waals surface area contributed by atoms with Crippen LogP contribution in [0.3, 0.4) is 0 Å². The van der Waals surface area contributed by atoms with Crippen LogP contribution in [0.2, 0.25) is 0 Å². The maximum Gasteiger partial charge on any atom is 0.317 e. The van der Waals surface area contributed by atoms with Gasteiger partial charge in [0.1, 0.15) is 5.82 Å². The lowest BCUT2D eigenvalue weighted by atomic mass is 9.97. The van der Waals surface area contributed by atoms with E-state index in [1.807, 2.05) is 13.0 Å². The van der Waals surface area contributed by atoms with E-state index in [4.69, 9.17) is 0 Å². The van der Waals surface area contributed by atoms with E-state index in [1.54, 1.807) is 40.9 Å². The predicted molar refractivity (Wildman–Crippen MR) is 93.6 cm³/mol. The molecule has 1 heterocycles. The molecule has 6 heteroatoms. The average molecular weight is 347 g/mol. The Bertz CT molecular complexity index is 718. The van der Waals surface area contributed by atoms with E-state index in [0.717, 1.165) is 35.4 Å². The molecule has 0 bridgehead atoms. The molecule has 1 aromatic carbocycles. The molecule has 1 N–H and O–H groups in total. The summed E-state index contributed by atoms with van der Waals surface area (Å²) in [5.74, 6) is 0.125. The number of halogens is 1. The van der Waals surface area contributed by atoms with Crippen LogP contribution >= 0.6 is 11.3 Å². The highest BCUT2D eigenvalue weighted by molar-refractivity contribution is 7.09. The largest absolute Gasteiger partial charge is 0.335 e. The maximum absolute atomic E-state index is 13.4. The van der Waals surface area contributed by atoms with E-state index in [9.17, 15) is 9.18 Å². The van der Waals surface area contributed by atoms with Gasteiger partial charge in [-0.3, -0.25) is 0 Å². The lowest BCUT2D eigenvalue weighted by molar-refractivity contribution is 0.203. The molecular weight excluding hydrogens is 325 g/mol. The summed E-state index contributed by atoms with van der Waals surface area (Å²) in [4.78, 5) is 19.4.